The van der Waals surface area contributed by atoms with Crippen LogP contribution in [0.5, 0.6) is 5.75 Å². The minimum Gasteiger partial charge on any atom is -0.495 e. The molecule has 2 aromatic heterocycles. The minimum atomic E-state index is -0.371. The van der Waals surface area contributed by atoms with Gasteiger partial charge in [-0.05, 0) is 43.7 Å². The Hall–Kier alpha value is -3.98. The molecule has 0 spiro atoms. The van der Waals surface area contributed by atoms with E-state index < -0.39 is 0 Å². The van der Waals surface area contributed by atoms with E-state index in [4.69, 9.17) is 4.74 Å². The molecular weight excluding hydrogens is 440 g/mol. The fourth-order valence-corrected chi connectivity index (χ4v) is 4.44. The van der Waals surface area contributed by atoms with Crippen molar-refractivity contribution < 1.29 is 14.3 Å². The maximum absolute atomic E-state index is 13.1. The Balaban J connectivity index is 1.58. The number of para-hydroxylation sites is 2. The number of nitrogens with one attached hydrogen (secondary N) is 2. The summed E-state index contributed by atoms with van der Waals surface area (Å²) in [6, 6.07) is 14.5. The number of carbonyl (C=O) groups is 2. The summed E-state index contributed by atoms with van der Waals surface area (Å²) >= 11 is 1.13. The average molecular weight is 463 g/mol. The first kappa shape index (κ1) is 22.2. The first-order valence-electron chi connectivity index (χ1n) is 10.2. The normalized spacial score (nSPS) is 10.8. The summed E-state index contributed by atoms with van der Waals surface area (Å²) in [5.74, 6) is -0.170. The third kappa shape index (κ3) is 4.63. The fraction of sp³-hybridized carbons (Fsp3) is 0.167. The second kappa shape index (κ2) is 9.25. The van der Waals surface area contributed by atoms with Crippen LogP contribution in [0, 0.1) is 13.8 Å². The van der Waals surface area contributed by atoms with Gasteiger partial charge in [0, 0.05) is 5.69 Å². The van der Waals surface area contributed by atoms with Crippen LogP contribution in [0.25, 0.3) is 10.2 Å². The number of aryl methyl sites for hydroxylation is 2. The Labute approximate surface area is 193 Å². The molecule has 0 fully saturated rings. The van der Waals surface area contributed by atoms with Gasteiger partial charge in [-0.2, -0.15) is 0 Å². The molecule has 0 saturated heterocycles. The van der Waals surface area contributed by atoms with E-state index in [0.29, 0.717) is 37.8 Å². The number of thiophene rings is 1. The van der Waals surface area contributed by atoms with Gasteiger partial charge in [0.2, 0.25) is 5.91 Å². The van der Waals surface area contributed by atoms with Gasteiger partial charge in [-0.15, -0.1) is 11.3 Å². The van der Waals surface area contributed by atoms with Gasteiger partial charge in [0.15, 0.2) is 0 Å². The molecule has 9 heteroatoms. The van der Waals surface area contributed by atoms with E-state index in [0.717, 1.165) is 16.9 Å². The second-order valence-corrected chi connectivity index (χ2v) is 8.48. The van der Waals surface area contributed by atoms with Gasteiger partial charge < -0.3 is 15.4 Å². The van der Waals surface area contributed by atoms with Crippen molar-refractivity contribution in [3.8, 4) is 5.75 Å². The maximum atomic E-state index is 13.1. The minimum absolute atomic E-state index is 0.187. The topological polar surface area (TPSA) is 102 Å². The molecule has 2 amide bonds. The Morgan fingerprint density at radius 1 is 1.06 bits per heavy atom. The summed E-state index contributed by atoms with van der Waals surface area (Å²) in [6.45, 7) is 3.48. The summed E-state index contributed by atoms with van der Waals surface area (Å²) in [5, 5.41) is 5.92. The predicted molar refractivity (Wildman–Crippen MR) is 129 cm³/mol. The number of fused-ring (bicyclic) bond motifs is 1. The van der Waals surface area contributed by atoms with Crippen LogP contribution in [0.1, 0.15) is 20.8 Å². The second-order valence-electron chi connectivity index (χ2n) is 7.48. The van der Waals surface area contributed by atoms with Crippen LogP contribution in [0.4, 0.5) is 11.4 Å². The van der Waals surface area contributed by atoms with Crippen molar-refractivity contribution in [1.29, 1.82) is 0 Å². The molecule has 0 aliphatic carbocycles. The number of benzene rings is 2. The number of hydrogen-bond acceptors (Lipinski definition) is 6. The van der Waals surface area contributed by atoms with E-state index in [1.165, 1.54) is 18.0 Å². The lowest BCUT2D eigenvalue weighted by atomic mass is 10.2. The first-order chi connectivity index (χ1) is 15.9. The fourth-order valence-electron chi connectivity index (χ4n) is 3.41. The SMILES string of the molecule is COc1ccccc1NC(=O)c1sc2ncn(CC(=O)Nc3ccc(C)cc3)c(=O)c2c1C. The highest BCUT2D eigenvalue weighted by Crippen LogP contribution is 2.29. The number of nitrogens with zero attached hydrogens (tertiary/aromatic N) is 2. The van der Waals surface area contributed by atoms with E-state index in [1.54, 1.807) is 43.3 Å². The van der Waals surface area contributed by atoms with Crippen LogP contribution in [0.2, 0.25) is 0 Å². The molecular formula is C24H22N4O4S. The van der Waals surface area contributed by atoms with Gasteiger partial charge in [0.1, 0.15) is 17.1 Å². The van der Waals surface area contributed by atoms with E-state index >= 15 is 0 Å². The highest BCUT2D eigenvalue weighted by atomic mass is 32.1. The number of rotatable bonds is 6. The highest BCUT2D eigenvalue weighted by molar-refractivity contribution is 7.20. The third-order valence-corrected chi connectivity index (χ3v) is 6.33. The number of carbonyl (C=O) groups excluding carboxylic acids is 2. The predicted octanol–water partition coefficient (Wildman–Crippen LogP) is 3.97. The summed E-state index contributed by atoms with van der Waals surface area (Å²) in [5.41, 5.74) is 2.41. The van der Waals surface area contributed by atoms with Crippen LogP contribution >= 0.6 is 11.3 Å². The molecule has 0 atom stereocenters. The van der Waals surface area contributed by atoms with Crippen LogP contribution in [-0.2, 0) is 11.3 Å². The highest BCUT2D eigenvalue weighted by Gasteiger charge is 2.21. The lowest BCUT2D eigenvalue weighted by Crippen LogP contribution is -2.28. The number of amides is 2. The summed E-state index contributed by atoms with van der Waals surface area (Å²) < 4.78 is 6.52. The number of anilines is 2. The lowest BCUT2D eigenvalue weighted by Gasteiger charge is -2.09. The van der Waals surface area contributed by atoms with E-state index in [2.05, 4.69) is 15.6 Å². The number of hydrogen-bond donors (Lipinski definition) is 2. The molecule has 33 heavy (non-hydrogen) atoms. The Morgan fingerprint density at radius 2 is 1.79 bits per heavy atom. The number of ether oxygens (including phenoxy) is 1. The Morgan fingerprint density at radius 3 is 2.52 bits per heavy atom. The summed E-state index contributed by atoms with van der Waals surface area (Å²) in [6.07, 6.45) is 1.33. The molecule has 0 saturated carbocycles. The third-order valence-electron chi connectivity index (χ3n) is 5.13. The molecule has 0 aliphatic heterocycles. The van der Waals surface area contributed by atoms with Crippen molar-refractivity contribution in [1.82, 2.24) is 9.55 Å². The van der Waals surface area contributed by atoms with Gasteiger partial charge in [-0.1, -0.05) is 29.8 Å². The van der Waals surface area contributed by atoms with Gasteiger partial charge in [-0.25, -0.2) is 4.98 Å². The van der Waals surface area contributed by atoms with Crippen molar-refractivity contribution in [2.75, 3.05) is 17.7 Å². The standard InChI is InChI=1S/C24H22N4O4S/c1-14-8-10-16(11-9-14)26-19(29)12-28-13-25-23-20(24(28)31)15(2)21(33-23)22(30)27-17-6-4-5-7-18(17)32-3/h4-11,13H,12H2,1-3H3,(H,26,29)(H,27,30). The Kier molecular flexibility index (Phi) is 6.23. The molecule has 0 unspecified atom stereocenters. The molecule has 2 N–H and O–H groups in total. The number of methoxy groups -OCH3 is 1. The Bertz CT molecular complexity index is 1410. The molecule has 8 nitrogen and oxygen atoms in total. The molecule has 2 heterocycles. The molecule has 0 radical (unpaired) electrons. The summed E-state index contributed by atoms with van der Waals surface area (Å²) in [7, 11) is 1.52. The van der Waals surface area contributed by atoms with E-state index in [1.807, 2.05) is 19.1 Å². The molecule has 4 aromatic rings. The van der Waals surface area contributed by atoms with Crippen molar-refractivity contribution in [3.63, 3.8) is 0 Å². The zero-order chi connectivity index (χ0) is 23.5. The van der Waals surface area contributed by atoms with Gasteiger partial charge in [-0.3, -0.25) is 19.0 Å². The average Bonchev–Trinajstić information content (AvgIpc) is 3.15. The molecule has 0 aliphatic rings. The van der Waals surface area contributed by atoms with Crippen molar-refractivity contribution in [3.05, 3.63) is 81.2 Å². The lowest BCUT2D eigenvalue weighted by molar-refractivity contribution is -0.116. The monoisotopic (exact) mass is 462 g/mol. The van der Waals surface area contributed by atoms with E-state index in [9.17, 15) is 14.4 Å². The van der Waals surface area contributed by atoms with Crippen molar-refractivity contribution in [2.45, 2.75) is 20.4 Å². The van der Waals surface area contributed by atoms with Gasteiger partial charge >= 0.3 is 0 Å². The van der Waals surface area contributed by atoms with Crippen LogP contribution in [0.3, 0.4) is 0 Å². The van der Waals surface area contributed by atoms with Crippen molar-refractivity contribution in [2.24, 2.45) is 0 Å². The van der Waals surface area contributed by atoms with Crippen LogP contribution in [-0.4, -0.2) is 28.5 Å². The zero-order valence-corrected chi connectivity index (χ0v) is 19.2. The smallest absolute Gasteiger partial charge is 0.266 e. The first-order valence-corrected chi connectivity index (χ1v) is 11.0. The van der Waals surface area contributed by atoms with Crippen LogP contribution in [0.15, 0.2) is 59.7 Å². The largest absolute Gasteiger partial charge is 0.495 e. The molecule has 0 bridgehead atoms. The quantitative estimate of drug-likeness (QED) is 0.451. The molecule has 4 rings (SSSR count). The summed E-state index contributed by atoms with van der Waals surface area (Å²) in [4.78, 5) is 43.6. The van der Waals surface area contributed by atoms with Crippen LogP contribution < -0.4 is 20.9 Å². The number of aromatic nitrogens is 2. The zero-order valence-electron chi connectivity index (χ0n) is 18.3. The molecule has 2 aromatic carbocycles. The maximum Gasteiger partial charge on any atom is 0.266 e. The van der Waals surface area contributed by atoms with Crippen molar-refractivity contribution >= 4 is 44.7 Å². The van der Waals surface area contributed by atoms with E-state index in [-0.39, 0.29) is 23.9 Å². The van der Waals surface area contributed by atoms with Gasteiger partial charge in [0.25, 0.3) is 11.5 Å². The van der Waals surface area contributed by atoms with Gasteiger partial charge in [0.05, 0.1) is 29.4 Å². The molecule has 168 valence electrons.